The van der Waals surface area contributed by atoms with Crippen LogP contribution in [-0.2, 0) is 27.9 Å². The fourth-order valence-electron chi connectivity index (χ4n) is 3.93. The maximum atomic E-state index is 13.8. The molecule has 0 saturated carbocycles. The maximum Gasteiger partial charge on any atom is 0.244 e. The molecule has 3 rings (SSSR count). The fourth-order valence-corrected chi connectivity index (χ4v) is 5.72. The molecule has 3 aromatic carbocycles. The molecule has 0 heterocycles. The second-order valence-corrected chi connectivity index (χ2v) is 10.1. The van der Waals surface area contributed by atoms with Crippen molar-refractivity contribution >= 4 is 15.9 Å². The van der Waals surface area contributed by atoms with Crippen molar-refractivity contribution in [1.82, 2.24) is 9.21 Å². The molecule has 0 aromatic heterocycles. The van der Waals surface area contributed by atoms with Crippen LogP contribution in [0, 0.1) is 20.8 Å². The van der Waals surface area contributed by atoms with Gasteiger partial charge in [0.1, 0.15) is 0 Å². The molecular formula is C26H30N2O3S. The van der Waals surface area contributed by atoms with Gasteiger partial charge in [-0.2, -0.15) is 4.31 Å². The van der Waals surface area contributed by atoms with Gasteiger partial charge >= 0.3 is 0 Å². The summed E-state index contributed by atoms with van der Waals surface area (Å²) >= 11 is 0. The van der Waals surface area contributed by atoms with Crippen molar-refractivity contribution in [3.63, 3.8) is 0 Å². The van der Waals surface area contributed by atoms with E-state index in [2.05, 4.69) is 0 Å². The van der Waals surface area contributed by atoms with E-state index < -0.39 is 10.0 Å². The standard InChI is InChI=1S/C26H30N2O3S/c1-20-15-21(2)26(22(3)16-20)32(30,31)28(18-24-13-9-6-10-14-24)19-25(29)27(4)17-23-11-7-5-8-12-23/h5-16H,17-19H2,1-4H3. The van der Waals surface area contributed by atoms with Crippen LogP contribution in [0.1, 0.15) is 27.8 Å². The highest BCUT2D eigenvalue weighted by Crippen LogP contribution is 2.26. The molecule has 0 unspecified atom stereocenters. The number of hydrogen-bond donors (Lipinski definition) is 0. The van der Waals surface area contributed by atoms with E-state index in [1.807, 2.05) is 79.7 Å². The van der Waals surface area contributed by atoms with Gasteiger partial charge in [0.15, 0.2) is 0 Å². The molecule has 5 nitrogen and oxygen atoms in total. The third-order valence-electron chi connectivity index (χ3n) is 5.40. The Morgan fingerprint density at radius 1 is 0.781 bits per heavy atom. The van der Waals surface area contributed by atoms with Crippen LogP contribution in [0.15, 0.2) is 77.7 Å². The lowest BCUT2D eigenvalue weighted by atomic mass is 10.1. The Hall–Kier alpha value is -2.96. The van der Waals surface area contributed by atoms with Crippen LogP contribution < -0.4 is 0 Å². The molecular weight excluding hydrogens is 420 g/mol. The highest BCUT2D eigenvalue weighted by molar-refractivity contribution is 7.89. The van der Waals surface area contributed by atoms with Gasteiger partial charge in [-0.05, 0) is 43.0 Å². The number of benzene rings is 3. The third kappa shape index (κ3) is 5.64. The summed E-state index contributed by atoms with van der Waals surface area (Å²) in [6, 6.07) is 22.7. The molecule has 168 valence electrons. The minimum Gasteiger partial charge on any atom is -0.340 e. The lowest BCUT2D eigenvalue weighted by Gasteiger charge is -2.26. The van der Waals surface area contributed by atoms with Gasteiger partial charge in [-0.3, -0.25) is 4.79 Å². The van der Waals surface area contributed by atoms with E-state index in [0.717, 1.165) is 16.7 Å². The van der Waals surface area contributed by atoms with Gasteiger partial charge < -0.3 is 4.90 Å². The first-order valence-corrected chi connectivity index (χ1v) is 12.0. The Labute approximate surface area is 191 Å². The Morgan fingerprint density at radius 3 is 1.75 bits per heavy atom. The zero-order valence-electron chi connectivity index (χ0n) is 19.1. The van der Waals surface area contributed by atoms with Crippen LogP contribution in [0.5, 0.6) is 0 Å². The summed E-state index contributed by atoms with van der Waals surface area (Å²) in [7, 11) is -2.19. The number of amides is 1. The molecule has 1 amide bonds. The highest BCUT2D eigenvalue weighted by atomic mass is 32.2. The van der Waals surface area contributed by atoms with Crippen molar-refractivity contribution in [2.24, 2.45) is 0 Å². The van der Waals surface area contributed by atoms with E-state index in [-0.39, 0.29) is 23.9 Å². The van der Waals surface area contributed by atoms with Crippen LogP contribution in [0.25, 0.3) is 0 Å². The van der Waals surface area contributed by atoms with E-state index in [0.29, 0.717) is 17.7 Å². The zero-order chi connectivity index (χ0) is 23.3. The number of nitrogens with zero attached hydrogens (tertiary/aromatic N) is 2. The predicted molar refractivity (Wildman–Crippen MR) is 128 cm³/mol. The third-order valence-corrected chi connectivity index (χ3v) is 7.50. The van der Waals surface area contributed by atoms with E-state index in [9.17, 15) is 13.2 Å². The van der Waals surface area contributed by atoms with Crippen LogP contribution in [0.3, 0.4) is 0 Å². The smallest absolute Gasteiger partial charge is 0.244 e. The summed E-state index contributed by atoms with van der Waals surface area (Å²) in [5, 5.41) is 0. The Balaban J connectivity index is 1.92. The quantitative estimate of drug-likeness (QED) is 0.509. The van der Waals surface area contributed by atoms with Gasteiger partial charge in [0, 0.05) is 20.1 Å². The minimum absolute atomic E-state index is 0.126. The van der Waals surface area contributed by atoms with Gasteiger partial charge in [-0.25, -0.2) is 8.42 Å². The van der Waals surface area contributed by atoms with Crippen molar-refractivity contribution in [3.8, 4) is 0 Å². The topological polar surface area (TPSA) is 57.7 Å². The fraction of sp³-hybridized carbons (Fsp3) is 0.269. The summed E-state index contributed by atoms with van der Waals surface area (Å²) in [4.78, 5) is 14.9. The van der Waals surface area contributed by atoms with Crippen LogP contribution in [0.2, 0.25) is 0 Å². The van der Waals surface area contributed by atoms with E-state index in [4.69, 9.17) is 0 Å². The highest BCUT2D eigenvalue weighted by Gasteiger charge is 2.30. The van der Waals surface area contributed by atoms with Crippen molar-refractivity contribution in [2.45, 2.75) is 38.8 Å². The molecule has 3 aromatic rings. The van der Waals surface area contributed by atoms with E-state index in [1.165, 1.54) is 4.31 Å². The number of rotatable bonds is 8. The van der Waals surface area contributed by atoms with Gasteiger partial charge in [-0.15, -0.1) is 0 Å². The van der Waals surface area contributed by atoms with Crippen LogP contribution in [-0.4, -0.2) is 37.1 Å². The monoisotopic (exact) mass is 450 g/mol. The molecule has 0 aliphatic rings. The Kier molecular flexibility index (Phi) is 7.48. The van der Waals surface area contributed by atoms with Gasteiger partial charge in [0.25, 0.3) is 0 Å². The molecule has 0 N–H and O–H groups in total. The lowest BCUT2D eigenvalue weighted by Crippen LogP contribution is -2.41. The molecule has 0 radical (unpaired) electrons. The second-order valence-electron chi connectivity index (χ2n) is 8.22. The largest absolute Gasteiger partial charge is 0.340 e. The van der Waals surface area contributed by atoms with Crippen molar-refractivity contribution in [2.75, 3.05) is 13.6 Å². The normalized spacial score (nSPS) is 11.5. The summed E-state index contributed by atoms with van der Waals surface area (Å²) in [6.07, 6.45) is 0. The molecule has 0 bridgehead atoms. The maximum absolute atomic E-state index is 13.8. The molecule has 0 saturated heterocycles. The molecule has 0 spiro atoms. The van der Waals surface area contributed by atoms with Gasteiger partial charge in [0.05, 0.1) is 11.4 Å². The zero-order valence-corrected chi connectivity index (χ0v) is 19.9. The van der Waals surface area contributed by atoms with Crippen molar-refractivity contribution in [1.29, 1.82) is 0 Å². The van der Waals surface area contributed by atoms with E-state index in [1.54, 1.807) is 25.8 Å². The van der Waals surface area contributed by atoms with Gasteiger partial charge in [0.2, 0.25) is 15.9 Å². The molecule has 0 atom stereocenters. The first kappa shape index (κ1) is 23.7. The number of likely N-dealkylation sites (N-methyl/N-ethyl adjacent to an activating group) is 1. The minimum atomic E-state index is -3.89. The number of sulfonamides is 1. The predicted octanol–water partition coefficient (Wildman–Crippen LogP) is 4.46. The van der Waals surface area contributed by atoms with Crippen LogP contribution >= 0.6 is 0 Å². The van der Waals surface area contributed by atoms with Crippen molar-refractivity contribution < 1.29 is 13.2 Å². The average Bonchev–Trinajstić information content (AvgIpc) is 2.73. The van der Waals surface area contributed by atoms with E-state index >= 15 is 0 Å². The average molecular weight is 451 g/mol. The Bertz CT molecular complexity index is 1150. The van der Waals surface area contributed by atoms with Crippen LogP contribution in [0.4, 0.5) is 0 Å². The first-order valence-electron chi connectivity index (χ1n) is 10.6. The molecule has 32 heavy (non-hydrogen) atoms. The van der Waals surface area contributed by atoms with Crippen molar-refractivity contribution in [3.05, 3.63) is 101 Å². The SMILES string of the molecule is Cc1cc(C)c(S(=O)(=O)N(CC(=O)N(C)Cc2ccccc2)Cc2ccccc2)c(C)c1. The molecule has 0 aliphatic heterocycles. The molecule has 6 heteroatoms. The number of aryl methyl sites for hydroxylation is 3. The number of carbonyl (C=O) groups excluding carboxylic acids is 1. The first-order chi connectivity index (χ1) is 15.2. The second kappa shape index (κ2) is 10.1. The number of hydrogen-bond acceptors (Lipinski definition) is 3. The summed E-state index contributed by atoms with van der Waals surface area (Å²) in [6.45, 7) is 5.86. The summed E-state index contributed by atoms with van der Waals surface area (Å²) < 4.78 is 28.8. The molecule has 0 aliphatic carbocycles. The summed E-state index contributed by atoms with van der Waals surface area (Å²) in [5.41, 5.74) is 4.20. The molecule has 0 fully saturated rings. The summed E-state index contributed by atoms with van der Waals surface area (Å²) in [5.74, 6) is -0.254. The lowest BCUT2D eigenvalue weighted by molar-refractivity contribution is -0.130. The number of carbonyl (C=O) groups is 1. The van der Waals surface area contributed by atoms with Gasteiger partial charge in [-0.1, -0.05) is 78.4 Å². The Morgan fingerprint density at radius 2 is 1.25 bits per heavy atom.